The minimum Gasteiger partial charge on any atom is -0.504 e. The first-order chi connectivity index (χ1) is 8.06. The fourth-order valence-electron chi connectivity index (χ4n) is 1.31. The van der Waals surface area contributed by atoms with E-state index in [1.165, 1.54) is 7.11 Å². The van der Waals surface area contributed by atoms with Gasteiger partial charge in [-0.2, -0.15) is 0 Å². The van der Waals surface area contributed by atoms with Crippen LogP contribution in [0.1, 0.15) is 24.2 Å². The number of allylic oxidation sites excluding steroid dienone is 1. The van der Waals surface area contributed by atoms with E-state index in [9.17, 15) is 9.90 Å². The summed E-state index contributed by atoms with van der Waals surface area (Å²) in [5.41, 5.74) is 1.34. The lowest BCUT2D eigenvalue weighted by molar-refractivity contribution is 0.0954. The van der Waals surface area contributed by atoms with Crippen LogP contribution in [0.4, 0.5) is 0 Å². The van der Waals surface area contributed by atoms with Crippen LogP contribution in [-0.2, 0) is 0 Å². The Morgan fingerprint density at radius 2 is 2.18 bits per heavy atom. The molecule has 0 aromatic heterocycles. The van der Waals surface area contributed by atoms with E-state index in [-0.39, 0.29) is 17.2 Å². The number of carbonyl (C=O) groups excluding carboxylic acids is 1. The highest BCUT2D eigenvalue weighted by Gasteiger charge is 2.13. The molecular formula is C13H17NO3. The fourth-order valence-corrected chi connectivity index (χ4v) is 1.31. The summed E-state index contributed by atoms with van der Waals surface area (Å²) in [5, 5.41) is 12.5. The van der Waals surface area contributed by atoms with Crippen molar-refractivity contribution in [1.29, 1.82) is 0 Å². The van der Waals surface area contributed by atoms with Crippen LogP contribution in [0.15, 0.2) is 29.8 Å². The molecule has 0 saturated heterocycles. The molecule has 0 saturated carbocycles. The first-order valence-corrected chi connectivity index (χ1v) is 5.33. The van der Waals surface area contributed by atoms with Gasteiger partial charge >= 0.3 is 0 Å². The second-order valence-corrected chi connectivity index (χ2v) is 3.85. The lowest BCUT2D eigenvalue weighted by Crippen LogP contribution is -2.23. The van der Waals surface area contributed by atoms with E-state index in [1.54, 1.807) is 18.2 Å². The zero-order valence-corrected chi connectivity index (χ0v) is 10.3. The number of hydrogen-bond donors (Lipinski definition) is 2. The van der Waals surface area contributed by atoms with Gasteiger partial charge in [-0.3, -0.25) is 4.79 Å². The standard InChI is InChI=1S/C13H17NO3/c1-9(2)7-8-14-13(16)10-5-4-6-11(17-3)12(10)15/h4-7,15H,8H2,1-3H3,(H,14,16). The Kier molecular flexibility index (Phi) is 4.57. The molecule has 4 heteroatoms. The molecule has 1 amide bonds. The highest BCUT2D eigenvalue weighted by Crippen LogP contribution is 2.28. The monoisotopic (exact) mass is 235 g/mol. The van der Waals surface area contributed by atoms with Crippen LogP contribution < -0.4 is 10.1 Å². The second-order valence-electron chi connectivity index (χ2n) is 3.85. The van der Waals surface area contributed by atoms with Gasteiger partial charge in [-0.15, -0.1) is 0 Å². The van der Waals surface area contributed by atoms with Gasteiger partial charge < -0.3 is 15.2 Å². The number of phenolic OH excluding ortho intramolecular Hbond substituents is 1. The summed E-state index contributed by atoms with van der Waals surface area (Å²) in [5.74, 6) is -0.163. The fraction of sp³-hybridized carbons (Fsp3) is 0.308. The quantitative estimate of drug-likeness (QED) is 0.786. The van der Waals surface area contributed by atoms with Crippen LogP contribution in [0.5, 0.6) is 11.5 Å². The molecule has 1 aromatic rings. The molecule has 2 N–H and O–H groups in total. The molecule has 1 aromatic carbocycles. The molecule has 0 fully saturated rings. The van der Waals surface area contributed by atoms with E-state index in [1.807, 2.05) is 19.9 Å². The number of nitrogens with one attached hydrogen (secondary N) is 1. The number of ether oxygens (including phenoxy) is 1. The van der Waals surface area contributed by atoms with Gasteiger partial charge in [0.05, 0.1) is 12.7 Å². The number of phenols is 1. The largest absolute Gasteiger partial charge is 0.504 e. The second kappa shape index (κ2) is 5.94. The first-order valence-electron chi connectivity index (χ1n) is 5.33. The molecule has 0 radical (unpaired) electrons. The third-order valence-electron chi connectivity index (χ3n) is 2.24. The number of para-hydroxylation sites is 1. The summed E-state index contributed by atoms with van der Waals surface area (Å²) < 4.78 is 4.94. The number of amides is 1. The minimum atomic E-state index is -0.320. The minimum absolute atomic E-state index is 0.135. The average Bonchev–Trinajstić information content (AvgIpc) is 2.28. The molecule has 1 rings (SSSR count). The molecule has 0 heterocycles. The number of hydrogen-bond acceptors (Lipinski definition) is 3. The van der Waals surface area contributed by atoms with E-state index in [4.69, 9.17) is 4.74 Å². The Bertz CT molecular complexity index is 434. The Labute approximate surface area is 101 Å². The van der Waals surface area contributed by atoms with Crippen LogP contribution in [-0.4, -0.2) is 24.7 Å². The van der Waals surface area contributed by atoms with E-state index in [0.29, 0.717) is 12.3 Å². The summed E-state index contributed by atoms with van der Waals surface area (Å²) in [4.78, 5) is 11.8. The number of methoxy groups -OCH3 is 1. The Morgan fingerprint density at radius 3 is 2.76 bits per heavy atom. The molecule has 0 unspecified atom stereocenters. The Balaban J connectivity index is 2.79. The highest BCUT2D eigenvalue weighted by atomic mass is 16.5. The number of rotatable bonds is 4. The smallest absolute Gasteiger partial charge is 0.255 e. The third-order valence-corrected chi connectivity index (χ3v) is 2.24. The lowest BCUT2D eigenvalue weighted by atomic mass is 10.1. The van der Waals surface area contributed by atoms with Gasteiger partial charge in [-0.25, -0.2) is 0 Å². The molecule has 0 aliphatic heterocycles. The molecule has 0 atom stereocenters. The van der Waals surface area contributed by atoms with Gasteiger partial charge in [0.2, 0.25) is 0 Å². The molecule has 0 aliphatic carbocycles. The van der Waals surface area contributed by atoms with Gasteiger partial charge in [-0.05, 0) is 26.0 Å². The maximum absolute atomic E-state index is 11.8. The van der Waals surface area contributed by atoms with E-state index in [2.05, 4.69) is 5.32 Å². The maximum Gasteiger partial charge on any atom is 0.255 e. The van der Waals surface area contributed by atoms with Crippen LogP contribution in [0.3, 0.4) is 0 Å². The summed E-state index contributed by atoms with van der Waals surface area (Å²) in [6.07, 6.45) is 1.90. The Hall–Kier alpha value is -1.97. The number of benzene rings is 1. The van der Waals surface area contributed by atoms with Crippen LogP contribution in [0.25, 0.3) is 0 Å². The van der Waals surface area contributed by atoms with Gasteiger partial charge in [0.15, 0.2) is 11.5 Å². The summed E-state index contributed by atoms with van der Waals surface area (Å²) in [6, 6.07) is 4.81. The van der Waals surface area contributed by atoms with E-state index >= 15 is 0 Å². The molecule has 0 bridgehead atoms. The van der Waals surface area contributed by atoms with Crippen LogP contribution >= 0.6 is 0 Å². The molecular weight excluding hydrogens is 218 g/mol. The SMILES string of the molecule is COc1cccc(C(=O)NCC=C(C)C)c1O. The highest BCUT2D eigenvalue weighted by molar-refractivity contribution is 5.97. The van der Waals surface area contributed by atoms with Crippen molar-refractivity contribution in [3.8, 4) is 11.5 Å². The zero-order chi connectivity index (χ0) is 12.8. The van der Waals surface area contributed by atoms with Crippen molar-refractivity contribution < 1.29 is 14.6 Å². The maximum atomic E-state index is 11.8. The molecule has 0 spiro atoms. The average molecular weight is 235 g/mol. The molecule has 4 nitrogen and oxygen atoms in total. The number of aromatic hydroxyl groups is 1. The van der Waals surface area contributed by atoms with E-state index < -0.39 is 0 Å². The lowest BCUT2D eigenvalue weighted by Gasteiger charge is -2.08. The summed E-state index contributed by atoms with van der Waals surface area (Å²) in [6.45, 7) is 4.35. The van der Waals surface area contributed by atoms with Crippen LogP contribution in [0.2, 0.25) is 0 Å². The summed E-state index contributed by atoms with van der Waals surface area (Å²) >= 11 is 0. The topological polar surface area (TPSA) is 58.6 Å². The predicted molar refractivity (Wildman–Crippen MR) is 66.4 cm³/mol. The van der Waals surface area contributed by atoms with Gasteiger partial charge in [0.1, 0.15) is 0 Å². The summed E-state index contributed by atoms with van der Waals surface area (Å²) in [7, 11) is 1.44. The van der Waals surface area contributed by atoms with Crippen molar-refractivity contribution in [1.82, 2.24) is 5.32 Å². The van der Waals surface area contributed by atoms with Gasteiger partial charge in [0.25, 0.3) is 5.91 Å². The predicted octanol–water partition coefficient (Wildman–Crippen LogP) is 2.10. The van der Waals surface area contributed by atoms with E-state index in [0.717, 1.165) is 5.57 Å². The van der Waals surface area contributed by atoms with Crippen molar-refractivity contribution in [3.63, 3.8) is 0 Å². The van der Waals surface area contributed by atoms with Crippen LogP contribution in [0, 0.1) is 0 Å². The normalized spacial score (nSPS) is 9.59. The van der Waals surface area contributed by atoms with Gasteiger partial charge in [-0.1, -0.05) is 17.7 Å². The Morgan fingerprint density at radius 1 is 1.47 bits per heavy atom. The van der Waals surface area contributed by atoms with Crippen molar-refractivity contribution in [2.75, 3.05) is 13.7 Å². The molecule has 92 valence electrons. The number of carbonyl (C=O) groups is 1. The van der Waals surface area contributed by atoms with Crippen molar-refractivity contribution in [3.05, 3.63) is 35.4 Å². The molecule has 17 heavy (non-hydrogen) atoms. The van der Waals surface area contributed by atoms with Crippen molar-refractivity contribution in [2.45, 2.75) is 13.8 Å². The third kappa shape index (κ3) is 3.52. The first kappa shape index (κ1) is 13.1. The molecule has 0 aliphatic rings. The van der Waals surface area contributed by atoms with Crippen molar-refractivity contribution in [2.24, 2.45) is 0 Å². The van der Waals surface area contributed by atoms with Gasteiger partial charge in [0, 0.05) is 6.54 Å². The van der Waals surface area contributed by atoms with Crippen molar-refractivity contribution >= 4 is 5.91 Å². The zero-order valence-electron chi connectivity index (χ0n) is 10.3.